The predicted molar refractivity (Wildman–Crippen MR) is 181 cm³/mol. The third-order valence-corrected chi connectivity index (χ3v) is 8.61. The van der Waals surface area contributed by atoms with Gasteiger partial charge in [0.2, 0.25) is 0 Å². The molecule has 0 radical (unpaired) electrons. The third-order valence-electron chi connectivity index (χ3n) is 8.61. The fourth-order valence-corrected chi connectivity index (χ4v) is 6.63. The van der Waals surface area contributed by atoms with E-state index in [0.717, 1.165) is 71.7 Å². The van der Waals surface area contributed by atoms with Crippen LogP contribution in [0.5, 0.6) is 0 Å². The second kappa shape index (κ2) is 9.99. The van der Waals surface area contributed by atoms with Gasteiger partial charge in [-0.1, -0.05) is 54.1 Å². The van der Waals surface area contributed by atoms with E-state index in [0.29, 0.717) is 16.8 Å². The first-order chi connectivity index (χ1) is 22.1. The van der Waals surface area contributed by atoms with E-state index in [1.54, 1.807) is 0 Å². The van der Waals surface area contributed by atoms with Crippen molar-refractivity contribution in [1.82, 2.24) is 9.13 Å². The number of benzene rings is 6. The predicted octanol–water partition coefficient (Wildman–Crippen LogP) is 10.2. The van der Waals surface area contributed by atoms with E-state index in [1.165, 1.54) is 0 Å². The van der Waals surface area contributed by atoms with E-state index in [-0.39, 0.29) is 0 Å². The molecule has 0 saturated carbocycles. The quantitative estimate of drug-likeness (QED) is 0.197. The normalized spacial score (nSPS) is 11.2. The fraction of sp³-hybridized carbons (Fsp3) is 0.0250. The molecule has 8 aromatic rings. The van der Waals surface area contributed by atoms with Crippen LogP contribution in [0.2, 0.25) is 0 Å². The molecular weight excluding hydrogens is 550 g/mol. The van der Waals surface area contributed by atoms with Crippen molar-refractivity contribution in [3.05, 3.63) is 149 Å². The molecule has 0 amide bonds. The van der Waals surface area contributed by atoms with Gasteiger partial charge in [0.1, 0.15) is 0 Å². The first kappa shape index (κ1) is 26.1. The molecule has 45 heavy (non-hydrogen) atoms. The summed E-state index contributed by atoms with van der Waals surface area (Å²) in [7, 11) is 0. The summed E-state index contributed by atoms with van der Waals surface area (Å²) in [6.07, 6.45) is 0. The molecule has 0 bridgehead atoms. The average molecular weight is 574 g/mol. The standard InChI is InChI=1S/C40H23N5/c1-25-11-14-38-33(17-25)35-19-27(24-42)13-16-40(35)45(38)30-21-28(31-7-3-5-9-36(31)43-2)20-29(22-30)44-37-10-6-4-8-32(37)34-18-26(23-41)12-15-39(34)44/h3-22H,1H3. The summed E-state index contributed by atoms with van der Waals surface area (Å²) in [6, 6.07) is 45.1. The van der Waals surface area contributed by atoms with Crippen LogP contribution in [0.3, 0.4) is 0 Å². The minimum Gasteiger partial charge on any atom is -0.309 e. The SMILES string of the molecule is [C-]#[N+]c1ccccc1-c1cc(-n2c3ccccc3c3cc(C#N)ccc32)cc(-n2c3ccc(C)cc3c3cc(C#N)ccc32)c1. The summed E-state index contributed by atoms with van der Waals surface area (Å²) in [5, 5.41) is 23.5. The molecular formula is C40H23N5. The molecule has 0 unspecified atom stereocenters. The smallest absolute Gasteiger partial charge is 0.194 e. The van der Waals surface area contributed by atoms with Gasteiger partial charge >= 0.3 is 0 Å². The van der Waals surface area contributed by atoms with Gasteiger partial charge in [-0.25, -0.2) is 4.85 Å². The highest BCUT2D eigenvalue weighted by atomic mass is 15.0. The third kappa shape index (κ3) is 3.99. The lowest BCUT2D eigenvalue weighted by Gasteiger charge is -2.16. The molecule has 0 saturated heterocycles. The van der Waals surface area contributed by atoms with E-state index in [4.69, 9.17) is 6.57 Å². The zero-order valence-electron chi connectivity index (χ0n) is 24.3. The number of aromatic nitrogens is 2. The maximum Gasteiger partial charge on any atom is 0.194 e. The van der Waals surface area contributed by atoms with Gasteiger partial charge in [-0.2, -0.15) is 10.5 Å². The lowest BCUT2D eigenvalue weighted by atomic mass is 10.0. The fourth-order valence-electron chi connectivity index (χ4n) is 6.63. The Morgan fingerprint density at radius 2 is 1.09 bits per heavy atom. The van der Waals surface area contributed by atoms with Gasteiger partial charge in [0.05, 0.1) is 51.9 Å². The number of fused-ring (bicyclic) bond motifs is 6. The van der Waals surface area contributed by atoms with Crippen LogP contribution in [0, 0.1) is 36.2 Å². The Bertz CT molecular complexity index is 2650. The van der Waals surface area contributed by atoms with E-state index in [2.05, 4.69) is 81.6 Å². The largest absolute Gasteiger partial charge is 0.309 e. The highest BCUT2D eigenvalue weighted by molar-refractivity contribution is 6.11. The van der Waals surface area contributed by atoms with Crippen molar-refractivity contribution in [2.24, 2.45) is 0 Å². The van der Waals surface area contributed by atoms with E-state index < -0.39 is 0 Å². The summed E-state index contributed by atoms with van der Waals surface area (Å²) in [5.41, 5.74) is 10.7. The highest BCUT2D eigenvalue weighted by Gasteiger charge is 2.19. The molecule has 0 N–H and O–H groups in total. The van der Waals surface area contributed by atoms with Crippen LogP contribution in [0.4, 0.5) is 5.69 Å². The van der Waals surface area contributed by atoms with Crippen LogP contribution in [-0.4, -0.2) is 9.13 Å². The second-order valence-electron chi connectivity index (χ2n) is 11.3. The van der Waals surface area contributed by atoms with Crippen molar-refractivity contribution in [3.63, 3.8) is 0 Å². The lowest BCUT2D eigenvalue weighted by Crippen LogP contribution is -2.00. The van der Waals surface area contributed by atoms with Crippen LogP contribution < -0.4 is 0 Å². The van der Waals surface area contributed by atoms with Gasteiger partial charge in [-0.15, -0.1) is 0 Å². The zero-order chi connectivity index (χ0) is 30.7. The van der Waals surface area contributed by atoms with E-state index in [9.17, 15) is 10.5 Å². The molecule has 0 fully saturated rings. The Morgan fingerprint density at radius 3 is 1.73 bits per heavy atom. The number of para-hydroxylation sites is 2. The van der Waals surface area contributed by atoms with Gasteiger partial charge in [-0.05, 0) is 90.8 Å². The first-order valence-electron chi connectivity index (χ1n) is 14.6. The average Bonchev–Trinajstić information content (AvgIpc) is 3.59. The van der Waals surface area contributed by atoms with Crippen LogP contribution in [-0.2, 0) is 0 Å². The Balaban J connectivity index is 1.52. The van der Waals surface area contributed by atoms with Crippen molar-refractivity contribution < 1.29 is 0 Å². The number of nitrogens with zero attached hydrogens (tertiary/aromatic N) is 5. The molecule has 0 aliphatic heterocycles. The van der Waals surface area contributed by atoms with E-state index in [1.807, 2.05) is 72.8 Å². The van der Waals surface area contributed by atoms with Crippen LogP contribution in [0.15, 0.2) is 121 Å². The van der Waals surface area contributed by atoms with Gasteiger partial charge in [-0.3, -0.25) is 0 Å². The maximum atomic E-state index is 9.71. The molecule has 5 heteroatoms. The van der Waals surface area contributed by atoms with Crippen molar-refractivity contribution in [3.8, 4) is 34.6 Å². The highest BCUT2D eigenvalue weighted by Crippen LogP contribution is 2.40. The molecule has 2 heterocycles. The van der Waals surface area contributed by atoms with Crippen LogP contribution in [0.25, 0.3) is 71.0 Å². The summed E-state index contributed by atoms with van der Waals surface area (Å²) >= 11 is 0. The minimum absolute atomic E-state index is 0.581. The number of hydrogen-bond donors (Lipinski definition) is 0. The molecule has 208 valence electrons. The minimum atomic E-state index is 0.581. The summed E-state index contributed by atoms with van der Waals surface area (Å²) in [6.45, 7) is 9.99. The lowest BCUT2D eigenvalue weighted by molar-refractivity contribution is 1.13. The van der Waals surface area contributed by atoms with Gasteiger partial charge < -0.3 is 9.13 Å². The summed E-state index contributed by atoms with van der Waals surface area (Å²) in [4.78, 5) is 3.85. The van der Waals surface area contributed by atoms with Crippen molar-refractivity contribution in [2.75, 3.05) is 0 Å². The van der Waals surface area contributed by atoms with Crippen molar-refractivity contribution in [1.29, 1.82) is 10.5 Å². The zero-order valence-corrected chi connectivity index (χ0v) is 24.3. The molecule has 0 aliphatic rings. The Hall–Kier alpha value is -6.61. The van der Waals surface area contributed by atoms with Gasteiger partial charge in [0.25, 0.3) is 0 Å². The number of nitriles is 2. The van der Waals surface area contributed by atoms with E-state index >= 15 is 0 Å². The van der Waals surface area contributed by atoms with Gasteiger partial charge in [0, 0.05) is 32.9 Å². The molecule has 0 atom stereocenters. The van der Waals surface area contributed by atoms with Gasteiger partial charge in [0.15, 0.2) is 5.69 Å². The van der Waals surface area contributed by atoms with Crippen LogP contribution in [0.1, 0.15) is 16.7 Å². The molecule has 6 aromatic carbocycles. The summed E-state index contributed by atoms with van der Waals surface area (Å²) in [5.74, 6) is 0. The Morgan fingerprint density at radius 1 is 0.556 bits per heavy atom. The van der Waals surface area contributed by atoms with Crippen molar-refractivity contribution in [2.45, 2.75) is 6.92 Å². The summed E-state index contributed by atoms with van der Waals surface area (Å²) < 4.78 is 4.49. The number of aryl methyl sites for hydroxylation is 1. The molecule has 0 aliphatic carbocycles. The number of hydrogen-bond acceptors (Lipinski definition) is 2. The Kier molecular flexibility index (Phi) is 5.78. The molecule has 2 aromatic heterocycles. The monoisotopic (exact) mass is 573 g/mol. The molecule has 0 spiro atoms. The van der Waals surface area contributed by atoms with Crippen molar-refractivity contribution >= 4 is 49.3 Å². The topological polar surface area (TPSA) is 61.8 Å². The first-order valence-corrected chi connectivity index (χ1v) is 14.6. The maximum absolute atomic E-state index is 9.71. The molecule has 8 rings (SSSR count). The van der Waals surface area contributed by atoms with Crippen LogP contribution >= 0.6 is 0 Å². The second-order valence-corrected chi connectivity index (χ2v) is 11.3. The molecule has 5 nitrogen and oxygen atoms in total. The number of rotatable bonds is 3. The Labute approximate surface area is 259 Å².